The summed E-state index contributed by atoms with van der Waals surface area (Å²) in [5.74, 6) is -1.21. The van der Waals surface area contributed by atoms with Crippen molar-refractivity contribution < 1.29 is 19.8 Å². The highest BCUT2D eigenvalue weighted by Gasteiger charge is 2.52. The first kappa shape index (κ1) is 15.1. The summed E-state index contributed by atoms with van der Waals surface area (Å²) >= 11 is 0. The van der Waals surface area contributed by atoms with E-state index in [9.17, 15) is 14.7 Å². The number of amides is 2. The Kier molecular flexibility index (Phi) is 4.86. The van der Waals surface area contributed by atoms with E-state index in [0.717, 1.165) is 25.7 Å². The van der Waals surface area contributed by atoms with Gasteiger partial charge in [-0.3, -0.25) is 4.79 Å². The Morgan fingerprint density at radius 2 is 2.05 bits per heavy atom. The van der Waals surface area contributed by atoms with Crippen LogP contribution in [0.3, 0.4) is 0 Å². The summed E-state index contributed by atoms with van der Waals surface area (Å²) in [6, 6.07) is -0.187. The second-order valence-electron chi connectivity index (χ2n) is 5.73. The molecule has 0 spiro atoms. The van der Waals surface area contributed by atoms with E-state index >= 15 is 0 Å². The fourth-order valence-electron chi connectivity index (χ4n) is 3.49. The predicted octanol–water partition coefficient (Wildman–Crippen LogP) is 1.14. The number of carboxylic acids is 1. The smallest absolute Gasteiger partial charge is 0.320 e. The third-order valence-electron chi connectivity index (χ3n) is 4.50. The van der Waals surface area contributed by atoms with E-state index in [1.807, 2.05) is 0 Å². The molecule has 3 atom stereocenters. The van der Waals surface area contributed by atoms with Gasteiger partial charge in [0.15, 0.2) is 0 Å². The van der Waals surface area contributed by atoms with Gasteiger partial charge >= 0.3 is 12.0 Å². The van der Waals surface area contributed by atoms with Gasteiger partial charge in [0.05, 0.1) is 12.5 Å². The molecule has 0 aliphatic carbocycles. The first-order chi connectivity index (χ1) is 9.60. The van der Waals surface area contributed by atoms with Gasteiger partial charge in [0.25, 0.3) is 0 Å². The van der Waals surface area contributed by atoms with Crippen LogP contribution in [0.25, 0.3) is 0 Å². The van der Waals surface area contributed by atoms with Gasteiger partial charge in [0.2, 0.25) is 0 Å². The van der Waals surface area contributed by atoms with Gasteiger partial charge in [0.1, 0.15) is 0 Å². The molecule has 6 heteroatoms. The van der Waals surface area contributed by atoms with E-state index in [1.165, 1.54) is 0 Å². The lowest BCUT2D eigenvalue weighted by Crippen LogP contribution is -2.47. The van der Waals surface area contributed by atoms with Crippen LogP contribution in [-0.4, -0.2) is 63.8 Å². The summed E-state index contributed by atoms with van der Waals surface area (Å²) in [6.45, 7) is 2.96. The molecule has 0 radical (unpaired) electrons. The molecular formula is C14H24N2O4. The van der Waals surface area contributed by atoms with Crippen molar-refractivity contribution in [2.75, 3.05) is 19.7 Å². The van der Waals surface area contributed by atoms with Crippen LogP contribution >= 0.6 is 0 Å². The number of urea groups is 1. The molecule has 2 aliphatic heterocycles. The maximum atomic E-state index is 12.6. The highest BCUT2D eigenvalue weighted by atomic mass is 16.4. The van der Waals surface area contributed by atoms with Crippen LogP contribution in [0.1, 0.15) is 39.0 Å². The van der Waals surface area contributed by atoms with Crippen molar-refractivity contribution in [2.24, 2.45) is 5.92 Å². The van der Waals surface area contributed by atoms with Gasteiger partial charge in [-0.05, 0) is 25.7 Å². The van der Waals surface area contributed by atoms with Crippen molar-refractivity contribution in [2.45, 2.75) is 51.1 Å². The molecule has 2 saturated heterocycles. The van der Waals surface area contributed by atoms with Crippen LogP contribution in [0.5, 0.6) is 0 Å². The number of carbonyl (C=O) groups is 2. The van der Waals surface area contributed by atoms with Crippen LogP contribution in [0.2, 0.25) is 0 Å². The molecule has 2 aliphatic rings. The molecule has 0 aromatic rings. The fourth-order valence-corrected chi connectivity index (χ4v) is 3.49. The molecule has 2 amide bonds. The summed E-state index contributed by atoms with van der Waals surface area (Å²) in [5.41, 5.74) is 0. The monoisotopic (exact) mass is 284 g/mol. The SMILES string of the molecule is CCCCN(CCO)C(=O)N1C2CCC1C(C(=O)O)C2. The fraction of sp³-hybridized carbons (Fsp3) is 0.857. The van der Waals surface area contributed by atoms with Gasteiger partial charge in [-0.2, -0.15) is 0 Å². The number of hydrogen-bond donors (Lipinski definition) is 2. The van der Waals surface area contributed by atoms with Gasteiger partial charge in [-0.15, -0.1) is 0 Å². The number of carboxylic acid groups (broad SMARTS) is 1. The molecule has 0 aromatic heterocycles. The average molecular weight is 284 g/mol. The Morgan fingerprint density at radius 3 is 2.60 bits per heavy atom. The number of aliphatic hydroxyl groups is 1. The maximum absolute atomic E-state index is 12.6. The first-order valence-electron chi connectivity index (χ1n) is 7.51. The molecule has 2 bridgehead atoms. The molecule has 2 heterocycles. The number of aliphatic hydroxyl groups excluding tert-OH is 1. The minimum Gasteiger partial charge on any atom is -0.481 e. The second-order valence-corrected chi connectivity index (χ2v) is 5.73. The summed E-state index contributed by atoms with van der Waals surface area (Å²) in [4.78, 5) is 27.3. The number of hydrogen-bond acceptors (Lipinski definition) is 3. The Labute approximate surface area is 119 Å². The highest BCUT2D eigenvalue weighted by molar-refractivity contribution is 5.79. The third-order valence-corrected chi connectivity index (χ3v) is 4.50. The largest absolute Gasteiger partial charge is 0.481 e. The number of aliphatic carboxylic acids is 1. The minimum atomic E-state index is -0.794. The van der Waals surface area contributed by atoms with Crippen molar-refractivity contribution in [3.8, 4) is 0 Å². The van der Waals surface area contributed by atoms with Crippen LogP contribution in [-0.2, 0) is 4.79 Å². The van der Waals surface area contributed by atoms with Gasteiger partial charge in [0, 0.05) is 25.2 Å². The second kappa shape index (κ2) is 6.43. The van der Waals surface area contributed by atoms with Crippen molar-refractivity contribution in [1.82, 2.24) is 9.80 Å². The van der Waals surface area contributed by atoms with Crippen LogP contribution in [0.4, 0.5) is 4.79 Å². The Balaban J connectivity index is 2.06. The molecular weight excluding hydrogens is 260 g/mol. The van der Waals surface area contributed by atoms with E-state index < -0.39 is 11.9 Å². The molecule has 2 rings (SSSR count). The van der Waals surface area contributed by atoms with Crippen molar-refractivity contribution in [3.05, 3.63) is 0 Å². The summed E-state index contributed by atoms with van der Waals surface area (Å²) in [7, 11) is 0. The predicted molar refractivity (Wildman–Crippen MR) is 73.4 cm³/mol. The standard InChI is InChI=1S/C14H24N2O4/c1-2-3-6-15(7-8-17)14(20)16-10-4-5-12(16)11(9-10)13(18)19/h10-12,17H,2-9H2,1H3,(H,18,19). The molecule has 2 N–H and O–H groups in total. The lowest BCUT2D eigenvalue weighted by atomic mass is 9.89. The molecule has 2 fully saturated rings. The summed E-state index contributed by atoms with van der Waals surface area (Å²) in [6.07, 6.45) is 4.15. The Bertz CT molecular complexity index is 374. The van der Waals surface area contributed by atoms with E-state index in [4.69, 9.17) is 5.11 Å². The summed E-state index contributed by atoms with van der Waals surface area (Å²) in [5, 5.41) is 18.3. The molecule has 114 valence electrons. The zero-order valence-corrected chi connectivity index (χ0v) is 12.0. The number of rotatable bonds is 6. The van der Waals surface area contributed by atoms with Crippen molar-refractivity contribution in [3.63, 3.8) is 0 Å². The molecule has 3 unspecified atom stereocenters. The zero-order valence-electron chi connectivity index (χ0n) is 12.0. The van der Waals surface area contributed by atoms with Crippen molar-refractivity contribution in [1.29, 1.82) is 0 Å². The van der Waals surface area contributed by atoms with Crippen LogP contribution in [0, 0.1) is 5.92 Å². The van der Waals surface area contributed by atoms with E-state index in [1.54, 1.807) is 9.80 Å². The van der Waals surface area contributed by atoms with Gasteiger partial charge in [-0.25, -0.2) is 4.79 Å². The molecule has 20 heavy (non-hydrogen) atoms. The van der Waals surface area contributed by atoms with E-state index in [0.29, 0.717) is 19.5 Å². The Morgan fingerprint density at radius 1 is 1.30 bits per heavy atom. The molecule has 0 saturated carbocycles. The topological polar surface area (TPSA) is 81.1 Å². The molecule has 0 aromatic carbocycles. The average Bonchev–Trinajstić information content (AvgIpc) is 3.00. The van der Waals surface area contributed by atoms with Crippen molar-refractivity contribution >= 4 is 12.0 Å². The van der Waals surface area contributed by atoms with Crippen LogP contribution < -0.4 is 0 Å². The van der Waals surface area contributed by atoms with Gasteiger partial charge < -0.3 is 20.0 Å². The van der Waals surface area contributed by atoms with E-state index in [-0.39, 0.29) is 24.7 Å². The number of fused-ring (bicyclic) bond motifs is 2. The molecule has 6 nitrogen and oxygen atoms in total. The van der Waals surface area contributed by atoms with E-state index in [2.05, 4.69) is 6.92 Å². The number of unbranched alkanes of at least 4 members (excludes halogenated alkanes) is 1. The van der Waals surface area contributed by atoms with Crippen LogP contribution in [0.15, 0.2) is 0 Å². The Hall–Kier alpha value is -1.30. The lowest BCUT2D eigenvalue weighted by molar-refractivity contribution is -0.142. The van der Waals surface area contributed by atoms with Gasteiger partial charge in [-0.1, -0.05) is 13.3 Å². The first-order valence-corrected chi connectivity index (χ1v) is 7.51. The minimum absolute atomic E-state index is 0.0546. The lowest BCUT2D eigenvalue weighted by Gasteiger charge is -2.31. The third kappa shape index (κ3) is 2.75. The number of nitrogens with zero attached hydrogens (tertiary/aromatic N) is 2. The highest BCUT2D eigenvalue weighted by Crippen LogP contribution is 2.42. The number of carbonyl (C=O) groups excluding carboxylic acids is 1. The normalized spacial score (nSPS) is 27.9. The zero-order chi connectivity index (χ0) is 14.7. The summed E-state index contributed by atoms with van der Waals surface area (Å²) < 4.78 is 0. The maximum Gasteiger partial charge on any atom is 0.320 e. The quantitative estimate of drug-likeness (QED) is 0.766.